The van der Waals surface area contributed by atoms with Crippen molar-refractivity contribution in [2.75, 3.05) is 19.0 Å². The van der Waals surface area contributed by atoms with Crippen molar-refractivity contribution < 1.29 is 14.3 Å². The van der Waals surface area contributed by atoms with Gasteiger partial charge in [-0.2, -0.15) is 5.10 Å². The third kappa shape index (κ3) is 2.55. The third-order valence-electron chi connectivity index (χ3n) is 6.06. The largest absolute Gasteiger partial charge is 0.497 e. The summed E-state index contributed by atoms with van der Waals surface area (Å²) in [5.74, 6) is 0.259. The Hall–Kier alpha value is -3.32. The maximum atomic E-state index is 13.4. The molecule has 2 aliphatic heterocycles. The van der Waals surface area contributed by atoms with Crippen molar-refractivity contribution in [3.63, 3.8) is 0 Å². The maximum Gasteiger partial charge on any atom is 0.273 e. The predicted molar refractivity (Wildman–Crippen MR) is 112 cm³/mol. The minimum Gasteiger partial charge on any atom is -0.497 e. The quantitative estimate of drug-likeness (QED) is 0.675. The number of anilines is 1. The van der Waals surface area contributed by atoms with E-state index in [1.807, 2.05) is 48.5 Å². The Kier molecular flexibility index (Phi) is 4.29. The average molecular weight is 423 g/mol. The van der Waals surface area contributed by atoms with Crippen molar-refractivity contribution in [2.24, 2.45) is 0 Å². The second-order valence-electron chi connectivity index (χ2n) is 7.49. The van der Waals surface area contributed by atoms with E-state index < -0.39 is 11.5 Å². The van der Waals surface area contributed by atoms with Gasteiger partial charge in [-0.1, -0.05) is 41.9 Å². The lowest BCUT2D eigenvalue weighted by atomic mass is 9.72. The van der Waals surface area contributed by atoms with Gasteiger partial charge < -0.3 is 15.0 Å². The first-order valence-corrected chi connectivity index (χ1v) is 9.99. The summed E-state index contributed by atoms with van der Waals surface area (Å²) in [5, 5.41) is 9.82. The number of fused-ring (bicyclic) bond motifs is 2. The number of hydrogen-bond donors (Lipinski definition) is 2. The van der Waals surface area contributed by atoms with Gasteiger partial charge in [0.25, 0.3) is 5.91 Å². The summed E-state index contributed by atoms with van der Waals surface area (Å²) < 4.78 is 5.41. The van der Waals surface area contributed by atoms with Crippen LogP contribution >= 0.6 is 11.6 Å². The predicted octanol–water partition coefficient (Wildman–Crippen LogP) is 3.55. The number of aromatic amines is 1. The molecule has 2 amide bonds. The highest BCUT2D eigenvalue weighted by atomic mass is 35.5. The van der Waals surface area contributed by atoms with Gasteiger partial charge in [-0.05, 0) is 35.7 Å². The topological polar surface area (TPSA) is 87.3 Å². The highest BCUT2D eigenvalue weighted by Gasteiger charge is 2.59. The zero-order valence-electron chi connectivity index (χ0n) is 16.2. The number of aromatic nitrogens is 2. The summed E-state index contributed by atoms with van der Waals surface area (Å²) in [4.78, 5) is 28.5. The molecule has 5 rings (SSSR count). The average Bonchev–Trinajstić information content (AvgIpc) is 3.45. The molecule has 3 aromatic rings. The van der Waals surface area contributed by atoms with Crippen molar-refractivity contribution in [2.45, 2.75) is 17.9 Å². The lowest BCUT2D eigenvalue weighted by Gasteiger charge is -2.34. The number of nitrogens with zero attached hydrogens (tertiary/aromatic N) is 2. The van der Waals surface area contributed by atoms with Gasteiger partial charge in [0.2, 0.25) is 5.91 Å². The SMILES string of the molecule is COc1cccc([C@@H]2N(C(=O)c3[nH]ncc3Cl)CC[C@]23C(=O)Nc2ccccc23)c1. The number of carbonyl (C=O) groups is 2. The Balaban J connectivity index is 1.70. The Morgan fingerprint density at radius 2 is 2.10 bits per heavy atom. The maximum absolute atomic E-state index is 13.4. The normalized spacial score (nSPS) is 22.3. The number of H-pyrrole nitrogens is 1. The molecule has 0 saturated carbocycles. The molecular formula is C22H19ClN4O3. The van der Waals surface area contributed by atoms with Crippen molar-refractivity contribution >= 4 is 29.1 Å². The molecule has 30 heavy (non-hydrogen) atoms. The summed E-state index contributed by atoms with van der Waals surface area (Å²) >= 11 is 6.17. The number of amides is 2. The minimum absolute atomic E-state index is 0.109. The van der Waals surface area contributed by atoms with E-state index in [4.69, 9.17) is 16.3 Å². The number of ether oxygens (including phenoxy) is 1. The lowest BCUT2D eigenvalue weighted by Crippen LogP contribution is -2.42. The van der Waals surface area contributed by atoms with E-state index in [9.17, 15) is 9.59 Å². The van der Waals surface area contributed by atoms with E-state index in [0.29, 0.717) is 18.7 Å². The fraction of sp³-hybridized carbons (Fsp3) is 0.227. The van der Waals surface area contributed by atoms with Gasteiger partial charge in [-0.15, -0.1) is 0 Å². The first-order chi connectivity index (χ1) is 14.6. The summed E-state index contributed by atoms with van der Waals surface area (Å²) in [6, 6.07) is 14.6. The molecule has 1 aromatic heterocycles. The Bertz CT molecular complexity index is 1160. The standard InChI is InChI=1S/C22H19ClN4O3/c1-30-14-6-4-5-13(11-14)19-22(15-7-2-3-8-17(15)25-21(22)29)9-10-27(19)20(28)18-16(23)12-24-26-18/h2-8,11-12,19H,9-10H2,1H3,(H,24,26)(H,25,29)/t19-,22+/m0/s1. The fourth-order valence-electron chi connectivity index (χ4n) is 4.75. The molecule has 1 fully saturated rings. The molecule has 8 heteroatoms. The Morgan fingerprint density at radius 3 is 2.87 bits per heavy atom. The second kappa shape index (κ2) is 6.88. The van der Waals surface area contributed by atoms with E-state index in [1.54, 1.807) is 12.0 Å². The summed E-state index contributed by atoms with van der Waals surface area (Å²) in [5.41, 5.74) is 1.82. The van der Waals surface area contributed by atoms with Gasteiger partial charge >= 0.3 is 0 Å². The molecule has 3 heterocycles. The highest BCUT2D eigenvalue weighted by Crippen LogP contribution is 2.55. The molecule has 1 spiro atoms. The second-order valence-corrected chi connectivity index (χ2v) is 7.90. The van der Waals surface area contributed by atoms with Crippen LogP contribution < -0.4 is 10.1 Å². The first-order valence-electron chi connectivity index (χ1n) is 9.61. The Morgan fingerprint density at radius 1 is 1.27 bits per heavy atom. The number of para-hydroxylation sites is 1. The van der Waals surface area contributed by atoms with Gasteiger partial charge in [0, 0.05) is 12.2 Å². The molecule has 2 N–H and O–H groups in total. The van der Waals surface area contributed by atoms with Gasteiger partial charge in [0.1, 0.15) is 16.9 Å². The molecule has 1 saturated heterocycles. The van der Waals surface area contributed by atoms with Crippen LogP contribution in [0.2, 0.25) is 5.02 Å². The summed E-state index contributed by atoms with van der Waals surface area (Å²) in [6.07, 6.45) is 1.90. The van der Waals surface area contributed by atoms with E-state index in [0.717, 1.165) is 16.8 Å². The molecule has 7 nitrogen and oxygen atoms in total. The molecule has 0 unspecified atom stereocenters. The summed E-state index contributed by atoms with van der Waals surface area (Å²) in [6.45, 7) is 0.401. The molecule has 2 atom stereocenters. The van der Waals surface area contributed by atoms with Crippen LogP contribution in [0.3, 0.4) is 0 Å². The van der Waals surface area contributed by atoms with Crippen molar-refractivity contribution in [3.05, 3.63) is 76.6 Å². The third-order valence-corrected chi connectivity index (χ3v) is 6.35. The fourth-order valence-corrected chi connectivity index (χ4v) is 4.92. The van der Waals surface area contributed by atoms with Crippen LogP contribution in [0.5, 0.6) is 5.75 Å². The molecular weight excluding hydrogens is 404 g/mol. The molecule has 2 aromatic carbocycles. The van der Waals surface area contributed by atoms with Crippen molar-refractivity contribution in [1.29, 1.82) is 0 Å². The van der Waals surface area contributed by atoms with E-state index in [1.165, 1.54) is 6.20 Å². The van der Waals surface area contributed by atoms with Crippen LogP contribution in [0.25, 0.3) is 0 Å². The number of nitrogens with one attached hydrogen (secondary N) is 2. The van der Waals surface area contributed by atoms with Crippen LogP contribution in [0.1, 0.15) is 34.1 Å². The van der Waals surface area contributed by atoms with Gasteiger partial charge in [-0.3, -0.25) is 14.7 Å². The van der Waals surface area contributed by atoms with Gasteiger partial charge in [0.05, 0.1) is 24.4 Å². The molecule has 0 bridgehead atoms. The number of rotatable bonds is 3. The number of benzene rings is 2. The molecule has 2 aliphatic rings. The highest BCUT2D eigenvalue weighted by molar-refractivity contribution is 6.33. The van der Waals surface area contributed by atoms with Crippen LogP contribution in [0.4, 0.5) is 5.69 Å². The smallest absolute Gasteiger partial charge is 0.273 e. The zero-order chi connectivity index (χ0) is 20.9. The van der Waals surface area contributed by atoms with Crippen LogP contribution in [0.15, 0.2) is 54.7 Å². The van der Waals surface area contributed by atoms with Gasteiger partial charge in [-0.25, -0.2) is 0 Å². The number of methoxy groups -OCH3 is 1. The van der Waals surface area contributed by atoms with Gasteiger partial charge in [0.15, 0.2) is 0 Å². The molecule has 152 valence electrons. The van der Waals surface area contributed by atoms with Crippen LogP contribution in [-0.2, 0) is 10.2 Å². The number of halogens is 1. The monoisotopic (exact) mass is 422 g/mol. The Labute approximate surface area is 178 Å². The first kappa shape index (κ1) is 18.7. The van der Waals surface area contributed by atoms with E-state index >= 15 is 0 Å². The van der Waals surface area contributed by atoms with Crippen molar-refractivity contribution in [1.82, 2.24) is 15.1 Å². The van der Waals surface area contributed by atoms with Crippen molar-refractivity contribution in [3.8, 4) is 5.75 Å². The van der Waals surface area contributed by atoms with E-state index in [-0.39, 0.29) is 22.5 Å². The minimum atomic E-state index is -0.898. The lowest BCUT2D eigenvalue weighted by molar-refractivity contribution is -0.121. The molecule has 0 radical (unpaired) electrons. The number of hydrogen-bond acceptors (Lipinski definition) is 4. The zero-order valence-corrected chi connectivity index (χ0v) is 16.9. The summed E-state index contributed by atoms with van der Waals surface area (Å²) in [7, 11) is 1.59. The number of likely N-dealkylation sites (tertiary alicyclic amines) is 1. The number of carbonyl (C=O) groups excluding carboxylic acids is 2. The van der Waals surface area contributed by atoms with E-state index in [2.05, 4.69) is 15.5 Å². The van der Waals surface area contributed by atoms with Crippen LogP contribution in [-0.4, -0.2) is 40.6 Å². The molecule has 0 aliphatic carbocycles. The van der Waals surface area contributed by atoms with Crippen LogP contribution in [0, 0.1) is 0 Å².